The monoisotopic (exact) mass is 309 g/mol. The van der Waals surface area contributed by atoms with Crippen molar-refractivity contribution in [2.45, 2.75) is 20.0 Å². The van der Waals surface area contributed by atoms with Crippen LogP contribution in [-0.4, -0.2) is 33.6 Å². The molecule has 21 heavy (non-hydrogen) atoms. The van der Waals surface area contributed by atoms with Crippen molar-refractivity contribution in [1.29, 1.82) is 0 Å². The van der Waals surface area contributed by atoms with Crippen molar-refractivity contribution in [3.05, 3.63) is 28.6 Å². The predicted octanol–water partition coefficient (Wildman–Crippen LogP) is 1.22. The molecule has 0 atom stereocenters. The molecule has 0 aliphatic carbocycles. The second kappa shape index (κ2) is 7.39. The molecule has 0 unspecified atom stereocenters. The van der Waals surface area contributed by atoms with Crippen LogP contribution in [0, 0.1) is 0 Å². The fraction of sp³-hybridized carbons (Fsp3) is 0.333. The summed E-state index contributed by atoms with van der Waals surface area (Å²) in [6.07, 6.45) is 0.746. The zero-order valence-corrected chi connectivity index (χ0v) is 12.2. The van der Waals surface area contributed by atoms with Crippen molar-refractivity contribution in [2.75, 3.05) is 11.9 Å². The number of rotatable bonds is 6. The third-order valence-electron chi connectivity index (χ3n) is 2.37. The van der Waals surface area contributed by atoms with Crippen LogP contribution in [0.4, 0.5) is 10.6 Å². The van der Waals surface area contributed by atoms with Crippen LogP contribution in [0.1, 0.15) is 11.8 Å². The average Bonchev–Trinajstić information content (AvgIpc) is 3.08. The summed E-state index contributed by atoms with van der Waals surface area (Å²) >= 11 is 1.57. The Morgan fingerprint density at radius 3 is 3.05 bits per heavy atom. The zero-order valence-electron chi connectivity index (χ0n) is 11.4. The molecule has 8 nitrogen and oxygen atoms in total. The first-order valence-corrected chi connectivity index (χ1v) is 7.18. The Hall–Kier alpha value is -2.42. The van der Waals surface area contributed by atoms with E-state index >= 15 is 0 Å². The second-order valence-electron chi connectivity index (χ2n) is 3.96. The van der Waals surface area contributed by atoms with E-state index in [1.54, 1.807) is 18.3 Å². The van der Waals surface area contributed by atoms with Crippen LogP contribution in [0.25, 0.3) is 0 Å². The molecule has 0 saturated carbocycles. The second-order valence-corrected chi connectivity index (χ2v) is 4.99. The molecule has 0 bridgehead atoms. The third kappa shape index (κ3) is 4.88. The minimum atomic E-state index is -0.605. The Labute approximate surface area is 125 Å². The Balaban J connectivity index is 1.78. The van der Waals surface area contributed by atoms with Gasteiger partial charge in [-0.25, -0.2) is 4.79 Å². The maximum absolute atomic E-state index is 11.7. The molecule has 2 N–H and O–H groups in total. The van der Waals surface area contributed by atoms with Crippen LogP contribution in [0.15, 0.2) is 23.7 Å². The van der Waals surface area contributed by atoms with Gasteiger partial charge in [-0.3, -0.25) is 10.1 Å². The van der Waals surface area contributed by atoms with E-state index in [1.165, 1.54) is 11.0 Å². The molecule has 0 spiro atoms. The van der Waals surface area contributed by atoms with Gasteiger partial charge in [0.15, 0.2) is 5.82 Å². The number of ether oxygens (including phenoxy) is 1. The molecule has 2 rings (SSSR count). The lowest BCUT2D eigenvalue weighted by Gasteiger charge is -2.03. The molecule has 0 aliphatic rings. The number of hydrogen-bond donors (Lipinski definition) is 2. The van der Waals surface area contributed by atoms with Crippen molar-refractivity contribution in [1.82, 2.24) is 20.3 Å². The van der Waals surface area contributed by atoms with Gasteiger partial charge in [0, 0.05) is 4.88 Å². The van der Waals surface area contributed by atoms with E-state index in [9.17, 15) is 9.59 Å². The molecule has 2 aromatic heterocycles. The van der Waals surface area contributed by atoms with Crippen molar-refractivity contribution in [3.63, 3.8) is 0 Å². The highest BCUT2D eigenvalue weighted by molar-refractivity contribution is 7.09. The number of anilines is 1. The number of carbonyl (C=O) groups is 2. The van der Waals surface area contributed by atoms with Crippen molar-refractivity contribution >= 4 is 29.2 Å². The molecule has 2 heterocycles. The van der Waals surface area contributed by atoms with Gasteiger partial charge in [0.25, 0.3) is 0 Å². The highest BCUT2D eigenvalue weighted by Gasteiger charge is 2.09. The van der Waals surface area contributed by atoms with Crippen LogP contribution < -0.4 is 10.6 Å². The highest BCUT2D eigenvalue weighted by atomic mass is 32.1. The van der Waals surface area contributed by atoms with E-state index in [-0.39, 0.29) is 24.9 Å². The van der Waals surface area contributed by atoms with E-state index in [0.717, 1.165) is 4.88 Å². The number of hydrogen-bond acceptors (Lipinski definition) is 6. The van der Waals surface area contributed by atoms with Gasteiger partial charge in [0.05, 0.1) is 19.3 Å². The average molecular weight is 309 g/mol. The standard InChI is InChI=1S/C12H15N5O3S/c1-2-20-12(19)15-10-7-14-17(16-10)8-11(18)13-6-9-4-3-5-21-9/h3-5,7H,2,6,8H2,1H3,(H,13,18)(H,15,16,19). The number of aromatic nitrogens is 3. The van der Waals surface area contributed by atoms with Gasteiger partial charge >= 0.3 is 6.09 Å². The topological polar surface area (TPSA) is 98.1 Å². The molecule has 2 aromatic rings. The molecule has 0 saturated heterocycles. The zero-order chi connectivity index (χ0) is 15.1. The minimum Gasteiger partial charge on any atom is -0.450 e. The molecule has 9 heteroatoms. The Morgan fingerprint density at radius 1 is 1.48 bits per heavy atom. The van der Waals surface area contributed by atoms with Crippen molar-refractivity contribution in [2.24, 2.45) is 0 Å². The molecule has 112 valence electrons. The summed E-state index contributed by atoms with van der Waals surface area (Å²) in [5, 5.41) is 15.0. The number of nitrogens with zero attached hydrogens (tertiary/aromatic N) is 3. The van der Waals surface area contributed by atoms with Crippen LogP contribution in [0.3, 0.4) is 0 Å². The molecular weight excluding hydrogens is 294 g/mol. The van der Waals surface area contributed by atoms with Gasteiger partial charge in [-0.15, -0.1) is 16.4 Å². The van der Waals surface area contributed by atoms with E-state index < -0.39 is 6.09 Å². The maximum Gasteiger partial charge on any atom is 0.412 e. The van der Waals surface area contributed by atoms with Gasteiger partial charge in [-0.1, -0.05) is 6.07 Å². The van der Waals surface area contributed by atoms with Crippen LogP contribution >= 0.6 is 11.3 Å². The Kier molecular flexibility index (Phi) is 5.27. The van der Waals surface area contributed by atoms with E-state index in [4.69, 9.17) is 4.74 Å². The summed E-state index contributed by atoms with van der Waals surface area (Å²) in [5.41, 5.74) is 0. The lowest BCUT2D eigenvalue weighted by molar-refractivity contribution is -0.122. The molecule has 2 amide bonds. The highest BCUT2D eigenvalue weighted by Crippen LogP contribution is 2.07. The number of nitrogens with one attached hydrogen (secondary N) is 2. The summed E-state index contributed by atoms with van der Waals surface area (Å²) in [5.74, 6) is 0.0289. The minimum absolute atomic E-state index is 0.0180. The van der Waals surface area contributed by atoms with Crippen LogP contribution in [-0.2, 0) is 22.6 Å². The summed E-state index contributed by atoms with van der Waals surface area (Å²) in [7, 11) is 0. The fourth-order valence-corrected chi connectivity index (χ4v) is 2.13. The smallest absolute Gasteiger partial charge is 0.412 e. The number of carbonyl (C=O) groups excluding carboxylic acids is 2. The maximum atomic E-state index is 11.7. The quantitative estimate of drug-likeness (QED) is 0.836. The SMILES string of the molecule is CCOC(=O)Nc1cnn(CC(=O)NCc2cccs2)n1. The lowest BCUT2D eigenvalue weighted by atomic mass is 10.4. The molecule has 0 aromatic carbocycles. The van der Waals surface area contributed by atoms with Crippen molar-refractivity contribution < 1.29 is 14.3 Å². The summed E-state index contributed by atoms with van der Waals surface area (Å²) in [6, 6.07) is 3.87. The fourth-order valence-electron chi connectivity index (χ4n) is 1.49. The summed E-state index contributed by atoms with van der Waals surface area (Å²) in [6.45, 7) is 2.43. The van der Waals surface area contributed by atoms with E-state index in [1.807, 2.05) is 17.5 Å². The molecule has 0 aliphatic heterocycles. The van der Waals surface area contributed by atoms with Crippen LogP contribution in [0.5, 0.6) is 0 Å². The molecule has 0 fully saturated rings. The Bertz CT molecular complexity index is 596. The summed E-state index contributed by atoms with van der Waals surface area (Å²) < 4.78 is 4.71. The van der Waals surface area contributed by atoms with Gasteiger partial charge < -0.3 is 10.1 Å². The van der Waals surface area contributed by atoms with Crippen LogP contribution in [0.2, 0.25) is 0 Å². The molecular formula is C12H15N5O3S. The number of amides is 2. The predicted molar refractivity (Wildman–Crippen MR) is 76.8 cm³/mol. The third-order valence-corrected chi connectivity index (χ3v) is 3.24. The van der Waals surface area contributed by atoms with Gasteiger partial charge in [0.1, 0.15) is 6.54 Å². The first kappa shape index (κ1) is 15.0. The normalized spacial score (nSPS) is 10.1. The number of thiophene rings is 1. The van der Waals surface area contributed by atoms with Crippen molar-refractivity contribution in [3.8, 4) is 0 Å². The first-order valence-electron chi connectivity index (χ1n) is 6.30. The largest absolute Gasteiger partial charge is 0.450 e. The first-order chi connectivity index (χ1) is 10.2. The van der Waals surface area contributed by atoms with Gasteiger partial charge in [0.2, 0.25) is 5.91 Å². The Morgan fingerprint density at radius 2 is 2.33 bits per heavy atom. The molecule has 0 radical (unpaired) electrons. The van der Waals surface area contributed by atoms with E-state index in [0.29, 0.717) is 6.54 Å². The summed E-state index contributed by atoms with van der Waals surface area (Å²) in [4.78, 5) is 25.2. The van der Waals surface area contributed by atoms with Gasteiger partial charge in [-0.05, 0) is 18.4 Å². The lowest BCUT2D eigenvalue weighted by Crippen LogP contribution is -2.27. The van der Waals surface area contributed by atoms with E-state index in [2.05, 4.69) is 20.8 Å². The van der Waals surface area contributed by atoms with Gasteiger partial charge in [-0.2, -0.15) is 9.90 Å².